The highest BCUT2D eigenvalue weighted by Gasteiger charge is 2.31. The van der Waals surface area contributed by atoms with Crippen LogP contribution in [0.3, 0.4) is 0 Å². The van der Waals surface area contributed by atoms with Crippen LogP contribution in [0.15, 0.2) is 36.4 Å². The van der Waals surface area contributed by atoms with Crippen LogP contribution in [0.5, 0.6) is 0 Å². The molecule has 2 heterocycles. The summed E-state index contributed by atoms with van der Waals surface area (Å²) in [6, 6.07) is 11.4. The van der Waals surface area contributed by atoms with Gasteiger partial charge in [-0.15, -0.1) is 0 Å². The first-order valence-electron chi connectivity index (χ1n) is 7.26. The Balaban J connectivity index is 1.59. The van der Waals surface area contributed by atoms with Crippen LogP contribution in [0.2, 0.25) is 0 Å². The highest BCUT2D eigenvalue weighted by atomic mass is 16.2. The summed E-state index contributed by atoms with van der Waals surface area (Å²) >= 11 is 0. The van der Waals surface area contributed by atoms with Gasteiger partial charge in [0.2, 0.25) is 5.91 Å². The van der Waals surface area contributed by atoms with Crippen LogP contribution in [0.1, 0.15) is 28.2 Å². The van der Waals surface area contributed by atoms with Gasteiger partial charge in [-0.05, 0) is 18.6 Å². The van der Waals surface area contributed by atoms with Gasteiger partial charge in [0.15, 0.2) is 0 Å². The quantitative estimate of drug-likeness (QED) is 0.891. The van der Waals surface area contributed by atoms with Gasteiger partial charge in [-0.3, -0.25) is 14.7 Å². The average Bonchev–Trinajstić information content (AvgIpc) is 3.07. The zero-order valence-electron chi connectivity index (χ0n) is 12.4. The molecule has 2 aromatic rings. The molecule has 3 rings (SSSR count). The lowest BCUT2D eigenvalue weighted by molar-refractivity contribution is -0.128. The fourth-order valence-corrected chi connectivity index (χ4v) is 2.62. The lowest BCUT2D eigenvalue weighted by Crippen LogP contribution is -2.37. The lowest BCUT2D eigenvalue weighted by Gasteiger charge is -2.17. The van der Waals surface area contributed by atoms with Crippen molar-refractivity contribution in [1.82, 2.24) is 20.4 Å². The number of carbonyl (C=O) groups is 2. The number of nitrogens with one attached hydrogen (secondary N) is 2. The van der Waals surface area contributed by atoms with Gasteiger partial charge < -0.3 is 10.2 Å². The van der Waals surface area contributed by atoms with E-state index in [4.69, 9.17) is 0 Å². The van der Waals surface area contributed by atoms with E-state index in [0.29, 0.717) is 25.2 Å². The van der Waals surface area contributed by atoms with Crippen molar-refractivity contribution in [2.45, 2.75) is 25.9 Å². The second-order valence-electron chi connectivity index (χ2n) is 5.57. The fraction of sp³-hybridized carbons (Fsp3) is 0.312. The topological polar surface area (TPSA) is 78.1 Å². The average molecular weight is 298 g/mol. The van der Waals surface area contributed by atoms with E-state index >= 15 is 0 Å². The number of carbonyl (C=O) groups excluding carboxylic acids is 2. The van der Waals surface area contributed by atoms with Gasteiger partial charge in [-0.1, -0.05) is 30.3 Å². The summed E-state index contributed by atoms with van der Waals surface area (Å²) in [6.45, 7) is 2.95. The molecule has 1 saturated heterocycles. The Hall–Kier alpha value is -2.63. The maximum absolute atomic E-state index is 12.1. The lowest BCUT2D eigenvalue weighted by atomic mass is 10.2. The van der Waals surface area contributed by atoms with Crippen LogP contribution in [0.25, 0.3) is 0 Å². The number of nitrogens with zero attached hydrogens (tertiary/aromatic N) is 2. The van der Waals surface area contributed by atoms with Crippen molar-refractivity contribution in [3.8, 4) is 0 Å². The van der Waals surface area contributed by atoms with Crippen molar-refractivity contribution in [1.29, 1.82) is 0 Å². The van der Waals surface area contributed by atoms with E-state index in [0.717, 1.165) is 11.3 Å². The Labute approximate surface area is 128 Å². The molecular formula is C16H18N4O2. The van der Waals surface area contributed by atoms with Crippen molar-refractivity contribution in [3.63, 3.8) is 0 Å². The summed E-state index contributed by atoms with van der Waals surface area (Å²) in [5.74, 6) is -0.184. The smallest absolute Gasteiger partial charge is 0.272 e. The molecule has 1 atom stereocenters. The van der Waals surface area contributed by atoms with Gasteiger partial charge in [0, 0.05) is 25.2 Å². The van der Waals surface area contributed by atoms with Crippen LogP contribution in [0, 0.1) is 6.92 Å². The van der Waals surface area contributed by atoms with Gasteiger partial charge in [0.1, 0.15) is 5.69 Å². The normalized spacial score (nSPS) is 17.8. The molecule has 1 fully saturated rings. The first-order chi connectivity index (χ1) is 10.6. The molecule has 0 saturated carbocycles. The van der Waals surface area contributed by atoms with Gasteiger partial charge in [-0.25, -0.2) is 0 Å². The number of hydrogen-bond donors (Lipinski definition) is 2. The Morgan fingerprint density at radius 3 is 2.86 bits per heavy atom. The van der Waals surface area contributed by atoms with Crippen molar-refractivity contribution in [3.05, 3.63) is 53.3 Å². The molecule has 1 aromatic carbocycles. The molecule has 1 aromatic heterocycles. The molecule has 1 aliphatic rings. The Morgan fingerprint density at radius 2 is 2.18 bits per heavy atom. The van der Waals surface area contributed by atoms with Gasteiger partial charge >= 0.3 is 0 Å². The van der Waals surface area contributed by atoms with E-state index in [1.807, 2.05) is 37.3 Å². The van der Waals surface area contributed by atoms with E-state index in [2.05, 4.69) is 15.5 Å². The Bertz CT molecular complexity index is 680. The van der Waals surface area contributed by atoms with E-state index in [-0.39, 0.29) is 17.9 Å². The summed E-state index contributed by atoms with van der Waals surface area (Å²) < 4.78 is 0. The second kappa shape index (κ2) is 6.01. The van der Waals surface area contributed by atoms with Crippen LogP contribution in [-0.4, -0.2) is 39.5 Å². The summed E-state index contributed by atoms with van der Waals surface area (Å²) in [5, 5.41) is 9.54. The molecule has 2 N–H and O–H groups in total. The maximum atomic E-state index is 12.1. The highest BCUT2D eigenvalue weighted by molar-refractivity contribution is 5.93. The third kappa shape index (κ3) is 3.16. The summed E-state index contributed by atoms with van der Waals surface area (Å²) in [4.78, 5) is 25.9. The van der Waals surface area contributed by atoms with Crippen molar-refractivity contribution < 1.29 is 9.59 Å². The molecule has 22 heavy (non-hydrogen) atoms. The highest BCUT2D eigenvalue weighted by Crippen LogP contribution is 2.15. The van der Waals surface area contributed by atoms with Crippen molar-refractivity contribution in [2.75, 3.05) is 6.54 Å². The standard InChI is InChI=1S/C16H18N4O2/c1-11-7-14(19-18-11)16(22)17-13-8-15(21)20(10-13)9-12-5-3-2-4-6-12/h2-7,13H,8-10H2,1H3,(H,17,22)(H,18,19). The van der Waals surface area contributed by atoms with Crippen LogP contribution in [-0.2, 0) is 11.3 Å². The molecule has 0 radical (unpaired) electrons. The van der Waals surface area contributed by atoms with E-state index in [1.54, 1.807) is 11.0 Å². The van der Waals surface area contributed by atoms with Gasteiger partial charge in [0.05, 0.1) is 6.04 Å². The first-order valence-corrected chi connectivity index (χ1v) is 7.26. The Morgan fingerprint density at radius 1 is 1.41 bits per heavy atom. The summed E-state index contributed by atoms with van der Waals surface area (Å²) in [7, 11) is 0. The van der Waals surface area contributed by atoms with Crippen molar-refractivity contribution >= 4 is 11.8 Å². The number of likely N-dealkylation sites (tertiary alicyclic amines) is 1. The Kier molecular flexibility index (Phi) is 3.91. The predicted octanol–water partition coefficient (Wildman–Crippen LogP) is 1.25. The predicted molar refractivity (Wildman–Crippen MR) is 81.1 cm³/mol. The van der Waals surface area contributed by atoms with Crippen molar-refractivity contribution in [2.24, 2.45) is 0 Å². The van der Waals surface area contributed by atoms with Gasteiger partial charge in [-0.2, -0.15) is 5.10 Å². The van der Waals surface area contributed by atoms with Crippen LogP contribution in [0.4, 0.5) is 0 Å². The van der Waals surface area contributed by atoms with E-state index < -0.39 is 0 Å². The molecule has 0 aliphatic carbocycles. The zero-order chi connectivity index (χ0) is 15.5. The number of H-pyrrole nitrogens is 1. The molecule has 6 nitrogen and oxygen atoms in total. The first kappa shape index (κ1) is 14.3. The summed E-state index contributed by atoms with van der Waals surface area (Å²) in [6.07, 6.45) is 0.335. The molecule has 0 spiro atoms. The third-order valence-electron chi connectivity index (χ3n) is 3.70. The minimum atomic E-state index is -0.247. The van der Waals surface area contributed by atoms with Crippen LogP contribution >= 0.6 is 0 Å². The largest absolute Gasteiger partial charge is 0.346 e. The maximum Gasteiger partial charge on any atom is 0.272 e. The SMILES string of the molecule is Cc1cc(C(=O)NC2CC(=O)N(Cc3ccccc3)C2)n[nH]1. The number of amides is 2. The van der Waals surface area contributed by atoms with E-state index in [1.165, 1.54) is 0 Å². The molecule has 2 amide bonds. The summed E-state index contributed by atoms with van der Waals surface area (Å²) in [5.41, 5.74) is 2.27. The minimum Gasteiger partial charge on any atom is -0.346 e. The molecule has 114 valence electrons. The molecule has 1 unspecified atom stereocenters. The molecule has 1 aliphatic heterocycles. The number of benzene rings is 1. The zero-order valence-corrected chi connectivity index (χ0v) is 12.4. The fourth-order valence-electron chi connectivity index (χ4n) is 2.62. The second-order valence-corrected chi connectivity index (χ2v) is 5.57. The van der Waals surface area contributed by atoms with Gasteiger partial charge in [0.25, 0.3) is 5.91 Å². The number of rotatable bonds is 4. The van der Waals surface area contributed by atoms with Crippen LogP contribution < -0.4 is 5.32 Å². The number of aryl methyl sites for hydroxylation is 1. The third-order valence-corrected chi connectivity index (χ3v) is 3.70. The van der Waals surface area contributed by atoms with E-state index in [9.17, 15) is 9.59 Å². The molecular weight excluding hydrogens is 280 g/mol. The molecule has 6 heteroatoms. The number of aromatic nitrogens is 2. The number of aromatic amines is 1. The minimum absolute atomic E-state index is 0.0624. The molecule has 0 bridgehead atoms. The monoisotopic (exact) mass is 298 g/mol. The number of hydrogen-bond acceptors (Lipinski definition) is 3.